The average molecular weight is 87.1 g/mol. The van der Waals surface area contributed by atoms with E-state index in [1.54, 1.807) is 6.42 Å². The van der Waals surface area contributed by atoms with E-state index in [0.29, 0.717) is 6.61 Å². The van der Waals surface area contributed by atoms with Crippen LogP contribution in [0.4, 0.5) is 0 Å². The third kappa shape index (κ3) is 0.698. The zero-order chi connectivity index (χ0) is 4.41. The normalized spacial score (nSPS) is 34.5. The molecule has 2 heteroatoms. The Labute approximate surface area is 36.7 Å². The fourth-order valence-electron chi connectivity index (χ4n) is 0.467. The fraction of sp³-hybridized carbons (Fsp3) is 0.750. The van der Waals surface area contributed by atoms with Crippen LogP contribution in [0.15, 0.2) is 0 Å². The van der Waals surface area contributed by atoms with Crippen LogP contribution in [0, 0.1) is 6.42 Å². The van der Waals surface area contributed by atoms with Gasteiger partial charge in [0, 0.05) is 6.42 Å². The van der Waals surface area contributed by atoms with Crippen LogP contribution >= 0.6 is 0 Å². The molecule has 0 aliphatic carbocycles. The number of aliphatic hydroxyl groups excluding tert-OH is 1. The highest BCUT2D eigenvalue weighted by Crippen LogP contribution is 2.05. The summed E-state index contributed by atoms with van der Waals surface area (Å²) < 4.78 is 4.65. The third-order valence-corrected chi connectivity index (χ3v) is 0.775. The van der Waals surface area contributed by atoms with Gasteiger partial charge in [0.05, 0.1) is 6.61 Å². The summed E-state index contributed by atoms with van der Waals surface area (Å²) in [4.78, 5) is 0. The minimum absolute atomic E-state index is 0.579. The molecule has 1 radical (unpaired) electrons. The molecular formula is C4H7O2. The van der Waals surface area contributed by atoms with Gasteiger partial charge in [-0.15, -0.1) is 0 Å². The lowest BCUT2D eigenvalue weighted by Gasteiger charge is -1.93. The summed E-state index contributed by atoms with van der Waals surface area (Å²) in [6, 6.07) is 0. The monoisotopic (exact) mass is 87.0 g/mol. The molecule has 2 nitrogen and oxygen atoms in total. The lowest BCUT2D eigenvalue weighted by molar-refractivity contribution is -0.0414. The van der Waals surface area contributed by atoms with E-state index in [-0.39, 0.29) is 0 Å². The van der Waals surface area contributed by atoms with E-state index in [1.807, 2.05) is 0 Å². The van der Waals surface area contributed by atoms with Gasteiger partial charge < -0.3 is 9.84 Å². The largest absolute Gasteiger partial charge is 0.368 e. The van der Waals surface area contributed by atoms with Gasteiger partial charge in [0.15, 0.2) is 6.29 Å². The van der Waals surface area contributed by atoms with Crippen LogP contribution in [-0.4, -0.2) is 18.0 Å². The van der Waals surface area contributed by atoms with E-state index in [9.17, 15) is 0 Å². The highest BCUT2D eigenvalue weighted by Gasteiger charge is 2.09. The summed E-state index contributed by atoms with van der Waals surface area (Å²) in [7, 11) is 0. The van der Waals surface area contributed by atoms with Gasteiger partial charge in [-0.2, -0.15) is 0 Å². The molecule has 1 N–H and O–H groups in total. The Morgan fingerprint density at radius 1 is 1.83 bits per heavy atom. The lowest BCUT2D eigenvalue weighted by atomic mass is 10.4. The summed E-state index contributed by atoms with van der Waals surface area (Å²) in [6.07, 6.45) is 2.05. The first-order valence-corrected chi connectivity index (χ1v) is 2.02. The Kier molecular flexibility index (Phi) is 1.08. The molecule has 1 saturated heterocycles. The molecule has 35 valence electrons. The molecule has 1 aliphatic heterocycles. The van der Waals surface area contributed by atoms with Gasteiger partial charge in [0.2, 0.25) is 0 Å². The molecule has 0 aromatic carbocycles. The number of hydrogen-bond acceptors (Lipinski definition) is 2. The van der Waals surface area contributed by atoms with Crippen molar-refractivity contribution in [3.8, 4) is 0 Å². The minimum Gasteiger partial charge on any atom is -0.368 e. The molecule has 1 aliphatic rings. The Morgan fingerprint density at radius 3 is 2.83 bits per heavy atom. The molecule has 0 spiro atoms. The van der Waals surface area contributed by atoms with Crippen LogP contribution in [0.2, 0.25) is 0 Å². The molecule has 1 heterocycles. The summed E-state index contributed by atoms with van der Waals surface area (Å²) in [5.41, 5.74) is 0. The second-order valence-electron chi connectivity index (χ2n) is 1.29. The summed E-state index contributed by atoms with van der Waals surface area (Å²) in [5.74, 6) is 0. The first-order chi connectivity index (χ1) is 2.89. The van der Waals surface area contributed by atoms with E-state index >= 15 is 0 Å². The van der Waals surface area contributed by atoms with Gasteiger partial charge in [0.1, 0.15) is 0 Å². The van der Waals surface area contributed by atoms with Crippen molar-refractivity contribution in [2.75, 3.05) is 6.61 Å². The molecule has 1 unspecified atom stereocenters. The zero-order valence-corrected chi connectivity index (χ0v) is 3.42. The van der Waals surface area contributed by atoms with Crippen molar-refractivity contribution < 1.29 is 9.84 Å². The second kappa shape index (κ2) is 1.58. The fourth-order valence-corrected chi connectivity index (χ4v) is 0.467. The predicted molar refractivity (Wildman–Crippen MR) is 20.9 cm³/mol. The van der Waals surface area contributed by atoms with Gasteiger partial charge >= 0.3 is 0 Å². The first-order valence-electron chi connectivity index (χ1n) is 2.02. The lowest BCUT2D eigenvalue weighted by Crippen LogP contribution is -2.00. The smallest absolute Gasteiger partial charge is 0.157 e. The molecule has 1 fully saturated rings. The standard InChI is InChI=1S/C4H7O2/c5-4-2-1-3-6-4/h2,4-5H,1,3H2. The molecule has 0 amide bonds. The average Bonchev–Trinajstić information content (AvgIpc) is 1.86. The van der Waals surface area contributed by atoms with E-state index in [1.165, 1.54) is 0 Å². The van der Waals surface area contributed by atoms with Crippen LogP contribution < -0.4 is 0 Å². The number of ether oxygens (including phenoxy) is 1. The van der Waals surface area contributed by atoms with Crippen molar-refractivity contribution in [3.63, 3.8) is 0 Å². The molecule has 0 bridgehead atoms. The SMILES string of the molecule is OC1[CH]CCO1. The summed E-state index contributed by atoms with van der Waals surface area (Å²) in [5, 5.41) is 8.45. The molecule has 0 aromatic rings. The van der Waals surface area contributed by atoms with E-state index in [4.69, 9.17) is 5.11 Å². The summed E-state index contributed by atoms with van der Waals surface area (Å²) in [6.45, 7) is 0.682. The topological polar surface area (TPSA) is 29.5 Å². The molecule has 1 atom stereocenters. The quantitative estimate of drug-likeness (QED) is 0.448. The molecule has 0 aromatic heterocycles. The minimum atomic E-state index is -0.579. The van der Waals surface area contributed by atoms with Crippen molar-refractivity contribution in [1.82, 2.24) is 0 Å². The van der Waals surface area contributed by atoms with Crippen molar-refractivity contribution in [3.05, 3.63) is 6.42 Å². The van der Waals surface area contributed by atoms with Crippen LogP contribution in [0.3, 0.4) is 0 Å². The Balaban J connectivity index is 2.18. The molecule has 1 rings (SSSR count). The maximum atomic E-state index is 8.45. The number of hydrogen-bond donors (Lipinski definition) is 1. The third-order valence-electron chi connectivity index (χ3n) is 0.775. The summed E-state index contributed by atoms with van der Waals surface area (Å²) >= 11 is 0. The Hall–Kier alpha value is -0.0800. The first kappa shape index (κ1) is 4.09. The highest BCUT2D eigenvalue weighted by molar-refractivity contribution is 4.72. The maximum absolute atomic E-state index is 8.45. The predicted octanol–water partition coefficient (Wildman–Crippen LogP) is -0.0706. The van der Waals surface area contributed by atoms with E-state index in [0.717, 1.165) is 6.42 Å². The number of aliphatic hydroxyl groups is 1. The Morgan fingerprint density at radius 2 is 2.67 bits per heavy atom. The van der Waals surface area contributed by atoms with Crippen LogP contribution in [0.25, 0.3) is 0 Å². The van der Waals surface area contributed by atoms with Crippen LogP contribution in [0.5, 0.6) is 0 Å². The highest BCUT2D eigenvalue weighted by atomic mass is 16.6. The van der Waals surface area contributed by atoms with Crippen LogP contribution in [-0.2, 0) is 4.74 Å². The molecular weight excluding hydrogens is 80.0 g/mol. The van der Waals surface area contributed by atoms with Crippen molar-refractivity contribution in [1.29, 1.82) is 0 Å². The van der Waals surface area contributed by atoms with Gasteiger partial charge in [-0.05, 0) is 6.42 Å². The molecule has 0 saturated carbocycles. The second-order valence-corrected chi connectivity index (χ2v) is 1.29. The van der Waals surface area contributed by atoms with Gasteiger partial charge in [-0.25, -0.2) is 0 Å². The van der Waals surface area contributed by atoms with E-state index in [2.05, 4.69) is 4.74 Å². The van der Waals surface area contributed by atoms with E-state index < -0.39 is 6.29 Å². The van der Waals surface area contributed by atoms with Crippen LogP contribution in [0.1, 0.15) is 6.42 Å². The number of rotatable bonds is 0. The van der Waals surface area contributed by atoms with Gasteiger partial charge in [-0.3, -0.25) is 0 Å². The van der Waals surface area contributed by atoms with Crippen molar-refractivity contribution in [2.45, 2.75) is 12.7 Å². The van der Waals surface area contributed by atoms with Crippen molar-refractivity contribution >= 4 is 0 Å². The molecule has 6 heavy (non-hydrogen) atoms. The zero-order valence-electron chi connectivity index (χ0n) is 3.42. The van der Waals surface area contributed by atoms with Crippen molar-refractivity contribution in [2.24, 2.45) is 0 Å². The van der Waals surface area contributed by atoms with Gasteiger partial charge in [0.25, 0.3) is 0 Å². The Bertz CT molecular complexity index is 38.8. The maximum Gasteiger partial charge on any atom is 0.157 e. The van der Waals surface area contributed by atoms with Gasteiger partial charge in [-0.1, -0.05) is 0 Å².